The minimum atomic E-state index is -0.0823. The van der Waals surface area contributed by atoms with Gasteiger partial charge >= 0.3 is 6.03 Å². The van der Waals surface area contributed by atoms with Crippen molar-refractivity contribution in [3.8, 4) is 0 Å². The zero-order valence-corrected chi connectivity index (χ0v) is 18.8. The van der Waals surface area contributed by atoms with Crippen LogP contribution in [0.2, 0.25) is 0 Å². The Bertz CT molecular complexity index is 1110. The summed E-state index contributed by atoms with van der Waals surface area (Å²) in [5.41, 5.74) is 7.28. The highest BCUT2D eigenvalue weighted by atomic mass is 16.2. The van der Waals surface area contributed by atoms with E-state index < -0.39 is 0 Å². The summed E-state index contributed by atoms with van der Waals surface area (Å²) < 4.78 is 0. The molecule has 1 fully saturated rings. The molecule has 3 aliphatic rings. The van der Waals surface area contributed by atoms with Gasteiger partial charge in [0.1, 0.15) is 0 Å². The molecule has 2 aromatic carbocycles. The number of rotatable bonds is 5. The Kier molecular flexibility index (Phi) is 5.14. The van der Waals surface area contributed by atoms with E-state index in [0.29, 0.717) is 12.5 Å². The van der Waals surface area contributed by atoms with Crippen LogP contribution >= 0.6 is 0 Å². The van der Waals surface area contributed by atoms with Crippen molar-refractivity contribution in [1.82, 2.24) is 20.5 Å². The number of fused-ring (bicyclic) bond motifs is 8. The van der Waals surface area contributed by atoms with E-state index in [-0.39, 0.29) is 17.5 Å². The molecular formula is C28H30N4O. The molecule has 2 heterocycles. The minimum absolute atomic E-state index is 0.0823. The van der Waals surface area contributed by atoms with Gasteiger partial charge in [-0.05, 0) is 59.2 Å². The van der Waals surface area contributed by atoms with Crippen LogP contribution in [0.4, 0.5) is 4.79 Å². The number of carbonyl (C=O) groups excluding carboxylic acids is 1. The third-order valence-electron chi connectivity index (χ3n) is 7.87. The lowest BCUT2D eigenvalue weighted by molar-refractivity contribution is 0.169. The zero-order valence-electron chi connectivity index (χ0n) is 18.8. The van der Waals surface area contributed by atoms with E-state index in [1.54, 1.807) is 12.4 Å². The molecule has 2 bridgehead atoms. The highest BCUT2D eigenvalue weighted by Crippen LogP contribution is 2.60. The molecule has 0 spiro atoms. The van der Waals surface area contributed by atoms with Crippen molar-refractivity contribution in [1.29, 1.82) is 0 Å². The molecule has 2 N–H and O–H groups in total. The van der Waals surface area contributed by atoms with Crippen molar-refractivity contribution >= 4 is 6.03 Å². The van der Waals surface area contributed by atoms with Gasteiger partial charge in [0.25, 0.3) is 0 Å². The van der Waals surface area contributed by atoms with Gasteiger partial charge in [0, 0.05) is 55.9 Å². The summed E-state index contributed by atoms with van der Waals surface area (Å²) in [6, 6.07) is 22.1. The molecule has 0 atom stereocenters. The standard InChI is InChI=1S/C28H30N4O/c33-27(30-18-20-9-13-29-14-10-20)31-21-11-15-32(16-12-21)19-28-17-24(22-5-1-3-7-25(22)28)23-6-2-4-8-26(23)28/h1-10,13-14,21,24H,11-12,15-19H2,(H2,30,31,33). The fourth-order valence-corrected chi connectivity index (χ4v) is 6.35. The van der Waals surface area contributed by atoms with Crippen LogP contribution < -0.4 is 10.6 Å². The molecule has 1 aromatic heterocycles. The number of benzene rings is 2. The molecule has 168 valence electrons. The second kappa shape index (κ2) is 8.31. The van der Waals surface area contributed by atoms with Gasteiger partial charge in [-0.1, -0.05) is 48.5 Å². The van der Waals surface area contributed by atoms with Crippen LogP contribution in [0.15, 0.2) is 73.1 Å². The first-order chi connectivity index (χ1) is 16.2. The lowest BCUT2D eigenvalue weighted by Crippen LogP contribution is -2.50. The summed E-state index contributed by atoms with van der Waals surface area (Å²) in [6.45, 7) is 3.63. The lowest BCUT2D eigenvalue weighted by Gasteiger charge is -2.40. The topological polar surface area (TPSA) is 57.3 Å². The third-order valence-corrected chi connectivity index (χ3v) is 7.87. The molecule has 2 amide bonds. The first-order valence-corrected chi connectivity index (χ1v) is 12.1. The fraction of sp³-hybridized carbons (Fsp3) is 0.357. The average molecular weight is 439 g/mol. The molecule has 3 aromatic rings. The zero-order chi connectivity index (χ0) is 22.3. The van der Waals surface area contributed by atoms with E-state index in [1.807, 2.05) is 12.1 Å². The van der Waals surface area contributed by atoms with Crippen LogP contribution in [0.3, 0.4) is 0 Å². The fourth-order valence-electron chi connectivity index (χ4n) is 6.35. The number of amides is 2. The lowest BCUT2D eigenvalue weighted by atomic mass is 9.74. The van der Waals surface area contributed by atoms with Crippen LogP contribution in [0.1, 0.15) is 53.0 Å². The molecule has 1 saturated heterocycles. The summed E-state index contributed by atoms with van der Waals surface area (Å²) in [4.78, 5) is 19.0. The van der Waals surface area contributed by atoms with E-state index >= 15 is 0 Å². The second-order valence-corrected chi connectivity index (χ2v) is 9.75. The molecule has 2 aliphatic carbocycles. The van der Waals surface area contributed by atoms with Gasteiger partial charge in [0.15, 0.2) is 0 Å². The van der Waals surface area contributed by atoms with E-state index in [0.717, 1.165) is 38.0 Å². The highest BCUT2D eigenvalue weighted by molar-refractivity contribution is 5.74. The Morgan fingerprint density at radius 3 is 2.24 bits per heavy atom. The van der Waals surface area contributed by atoms with Gasteiger partial charge in [-0.3, -0.25) is 4.98 Å². The van der Waals surface area contributed by atoms with Gasteiger partial charge in [0.2, 0.25) is 0 Å². The van der Waals surface area contributed by atoms with Crippen molar-refractivity contribution < 1.29 is 4.79 Å². The summed E-state index contributed by atoms with van der Waals surface area (Å²) in [5, 5.41) is 6.14. The number of carbonyl (C=O) groups is 1. The van der Waals surface area contributed by atoms with Crippen molar-refractivity contribution in [3.05, 3.63) is 101 Å². The molecule has 33 heavy (non-hydrogen) atoms. The Balaban J connectivity index is 1.09. The maximum Gasteiger partial charge on any atom is 0.315 e. The minimum Gasteiger partial charge on any atom is -0.335 e. The van der Waals surface area contributed by atoms with Crippen molar-refractivity contribution in [2.75, 3.05) is 19.6 Å². The van der Waals surface area contributed by atoms with Crippen LogP contribution in [0.5, 0.6) is 0 Å². The van der Waals surface area contributed by atoms with Gasteiger partial charge in [-0.15, -0.1) is 0 Å². The van der Waals surface area contributed by atoms with Crippen molar-refractivity contribution in [3.63, 3.8) is 0 Å². The van der Waals surface area contributed by atoms with Crippen LogP contribution in [-0.4, -0.2) is 41.6 Å². The summed E-state index contributed by atoms with van der Waals surface area (Å²) in [5.74, 6) is 0.542. The summed E-state index contributed by atoms with van der Waals surface area (Å²) in [6.07, 6.45) is 6.67. The molecule has 5 heteroatoms. The monoisotopic (exact) mass is 438 g/mol. The molecule has 6 rings (SSSR count). The smallest absolute Gasteiger partial charge is 0.315 e. The Morgan fingerprint density at radius 1 is 0.939 bits per heavy atom. The number of piperidine rings is 1. The number of pyridine rings is 1. The normalized spacial score (nSPS) is 23.7. The van der Waals surface area contributed by atoms with Crippen LogP contribution in [0, 0.1) is 0 Å². The number of nitrogens with zero attached hydrogens (tertiary/aromatic N) is 2. The molecule has 0 radical (unpaired) electrons. The van der Waals surface area contributed by atoms with Crippen LogP contribution in [0.25, 0.3) is 0 Å². The number of nitrogens with one attached hydrogen (secondary N) is 2. The quantitative estimate of drug-likeness (QED) is 0.628. The number of hydrogen-bond acceptors (Lipinski definition) is 3. The summed E-state index contributed by atoms with van der Waals surface area (Å²) in [7, 11) is 0. The molecule has 1 aliphatic heterocycles. The van der Waals surface area contributed by atoms with Gasteiger partial charge < -0.3 is 15.5 Å². The van der Waals surface area contributed by atoms with E-state index in [2.05, 4.69) is 69.0 Å². The average Bonchev–Trinajstić information content (AvgIpc) is 3.37. The van der Waals surface area contributed by atoms with Gasteiger partial charge in [0.05, 0.1) is 0 Å². The highest BCUT2D eigenvalue weighted by Gasteiger charge is 2.53. The van der Waals surface area contributed by atoms with Gasteiger partial charge in [-0.2, -0.15) is 0 Å². The Morgan fingerprint density at radius 2 is 1.58 bits per heavy atom. The molecule has 5 nitrogen and oxygen atoms in total. The summed E-state index contributed by atoms with van der Waals surface area (Å²) >= 11 is 0. The number of urea groups is 1. The number of hydrogen-bond donors (Lipinski definition) is 2. The largest absolute Gasteiger partial charge is 0.335 e. The third kappa shape index (κ3) is 3.61. The van der Waals surface area contributed by atoms with Crippen LogP contribution in [-0.2, 0) is 12.0 Å². The Labute approximate surface area is 195 Å². The van der Waals surface area contributed by atoms with Crippen molar-refractivity contribution in [2.45, 2.75) is 43.2 Å². The van der Waals surface area contributed by atoms with E-state index in [9.17, 15) is 4.79 Å². The first kappa shape index (κ1) is 20.4. The predicted octanol–water partition coefficient (Wildman–Crippen LogP) is 4.18. The van der Waals surface area contributed by atoms with E-state index in [4.69, 9.17) is 0 Å². The van der Waals surface area contributed by atoms with E-state index in [1.165, 1.54) is 28.7 Å². The maximum atomic E-state index is 12.4. The predicted molar refractivity (Wildman–Crippen MR) is 129 cm³/mol. The molecule has 0 unspecified atom stereocenters. The second-order valence-electron chi connectivity index (χ2n) is 9.75. The van der Waals surface area contributed by atoms with Crippen molar-refractivity contribution in [2.24, 2.45) is 0 Å². The Hall–Kier alpha value is -3.18. The number of likely N-dealkylation sites (tertiary alicyclic amines) is 1. The number of aromatic nitrogens is 1. The molecule has 0 saturated carbocycles. The van der Waals surface area contributed by atoms with Gasteiger partial charge in [-0.25, -0.2) is 4.79 Å². The first-order valence-electron chi connectivity index (χ1n) is 12.1. The molecular weight excluding hydrogens is 408 g/mol. The maximum absolute atomic E-state index is 12.4. The SMILES string of the molecule is O=C(NCc1ccncc1)NC1CCN(CC23CC(c4ccccc42)c2ccccc23)CC1.